The van der Waals surface area contributed by atoms with Crippen molar-refractivity contribution in [2.24, 2.45) is 5.92 Å². The lowest BCUT2D eigenvalue weighted by atomic mass is 9.98. The van der Waals surface area contributed by atoms with Crippen molar-refractivity contribution in [1.29, 1.82) is 0 Å². The molecule has 1 amide bonds. The van der Waals surface area contributed by atoms with Gasteiger partial charge in [-0.2, -0.15) is 0 Å². The van der Waals surface area contributed by atoms with Crippen LogP contribution in [0.5, 0.6) is 5.75 Å². The lowest BCUT2D eigenvalue weighted by Crippen LogP contribution is -2.38. The zero-order valence-corrected chi connectivity index (χ0v) is 13.4. The quantitative estimate of drug-likeness (QED) is 0.876. The van der Waals surface area contributed by atoms with Crippen molar-refractivity contribution >= 4 is 11.6 Å². The lowest BCUT2D eigenvalue weighted by Gasteiger charge is -2.27. The van der Waals surface area contributed by atoms with Crippen LogP contribution >= 0.6 is 0 Å². The molecule has 2 atom stereocenters. The maximum Gasteiger partial charge on any atom is 0.260 e. The lowest BCUT2D eigenvalue weighted by molar-refractivity contribution is -0.127. The number of anilines is 1. The van der Waals surface area contributed by atoms with Crippen LogP contribution in [0.15, 0.2) is 18.2 Å². The predicted octanol–water partition coefficient (Wildman–Crippen LogP) is 2.97. The van der Waals surface area contributed by atoms with Gasteiger partial charge in [-0.05, 0) is 44.2 Å². The molecule has 21 heavy (non-hydrogen) atoms. The second-order valence-electron chi connectivity index (χ2n) is 6.27. The molecule has 2 N–H and O–H groups in total. The Labute approximate surface area is 127 Å². The summed E-state index contributed by atoms with van der Waals surface area (Å²) in [5, 5.41) is 6.37. The Hall–Kier alpha value is -1.71. The van der Waals surface area contributed by atoms with Gasteiger partial charge in [0.05, 0.1) is 5.69 Å². The zero-order valence-electron chi connectivity index (χ0n) is 13.4. The number of hydrogen-bond acceptors (Lipinski definition) is 3. The molecule has 0 saturated carbocycles. The molecule has 0 fully saturated rings. The monoisotopic (exact) mass is 290 g/mol. The van der Waals surface area contributed by atoms with Crippen molar-refractivity contribution in [3.63, 3.8) is 0 Å². The van der Waals surface area contributed by atoms with Gasteiger partial charge in [-0.25, -0.2) is 0 Å². The first kappa shape index (κ1) is 15.7. The van der Waals surface area contributed by atoms with Crippen LogP contribution in [0.1, 0.15) is 39.7 Å². The zero-order chi connectivity index (χ0) is 15.4. The van der Waals surface area contributed by atoms with Crippen molar-refractivity contribution in [1.82, 2.24) is 5.32 Å². The molecule has 0 saturated heterocycles. The maximum absolute atomic E-state index is 12.0. The Morgan fingerprint density at radius 2 is 2.19 bits per heavy atom. The van der Waals surface area contributed by atoms with Gasteiger partial charge in [-0.3, -0.25) is 4.79 Å². The number of carbonyl (C=O) groups excluding carboxylic acids is 1. The van der Waals surface area contributed by atoms with E-state index in [1.165, 1.54) is 5.56 Å². The fraction of sp³-hybridized carbons (Fsp3) is 0.588. The average molecular weight is 290 g/mol. The standard InChI is InChI=1S/C17H26N2O2/c1-11(2)10-18-17(20)13(4)21-15-7-5-6-14-9-8-12(3)19-16(14)15/h5-7,11-13,19H,8-10H2,1-4H3,(H,18,20). The molecule has 1 aliphatic rings. The minimum absolute atomic E-state index is 0.0647. The summed E-state index contributed by atoms with van der Waals surface area (Å²) in [5.74, 6) is 1.14. The summed E-state index contributed by atoms with van der Waals surface area (Å²) in [6, 6.07) is 6.47. The molecule has 0 spiro atoms. The van der Waals surface area contributed by atoms with E-state index in [2.05, 4.69) is 37.5 Å². The second kappa shape index (κ2) is 6.83. The third-order valence-electron chi connectivity index (χ3n) is 3.71. The number of hydrogen-bond donors (Lipinski definition) is 2. The number of fused-ring (bicyclic) bond motifs is 1. The van der Waals surface area contributed by atoms with E-state index in [0.29, 0.717) is 18.5 Å². The molecule has 0 aliphatic carbocycles. The summed E-state index contributed by atoms with van der Waals surface area (Å²) in [6.45, 7) is 8.78. The first-order valence-corrected chi connectivity index (χ1v) is 7.80. The van der Waals surface area contributed by atoms with E-state index < -0.39 is 6.10 Å². The molecule has 0 aromatic heterocycles. The minimum atomic E-state index is -0.491. The number of para-hydroxylation sites is 1. The molecule has 4 nitrogen and oxygen atoms in total. The molecule has 0 bridgehead atoms. The Morgan fingerprint density at radius 1 is 1.43 bits per heavy atom. The van der Waals surface area contributed by atoms with Gasteiger partial charge in [0.15, 0.2) is 6.10 Å². The summed E-state index contributed by atoms with van der Waals surface area (Å²) in [7, 11) is 0. The minimum Gasteiger partial charge on any atom is -0.479 e. The average Bonchev–Trinajstić information content (AvgIpc) is 2.45. The van der Waals surface area contributed by atoms with E-state index in [4.69, 9.17) is 4.74 Å². The topological polar surface area (TPSA) is 50.4 Å². The number of benzene rings is 1. The van der Waals surface area contributed by atoms with Crippen LogP contribution in [0.2, 0.25) is 0 Å². The van der Waals surface area contributed by atoms with Gasteiger partial charge < -0.3 is 15.4 Å². The first-order valence-electron chi connectivity index (χ1n) is 7.80. The number of carbonyl (C=O) groups is 1. The van der Waals surface area contributed by atoms with Crippen molar-refractivity contribution in [3.05, 3.63) is 23.8 Å². The Morgan fingerprint density at radius 3 is 2.90 bits per heavy atom. The van der Waals surface area contributed by atoms with E-state index in [0.717, 1.165) is 24.3 Å². The number of amides is 1. The van der Waals surface area contributed by atoms with Crippen LogP contribution < -0.4 is 15.4 Å². The van der Waals surface area contributed by atoms with Gasteiger partial charge in [0, 0.05) is 12.6 Å². The fourth-order valence-electron chi connectivity index (χ4n) is 2.43. The summed E-state index contributed by atoms with van der Waals surface area (Å²) in [5.41, 5.74) is 2.31. The third-order valence-corrected chi connectivity index (χ3v) is 3.71. The maximum atomic E-state index is 12.0. The molecule has 2 unspecified atom stereocenters. The van der Waals surface area contributed by atoms with Crippen molar-refractivity contribution in [2.45, 2.75) is 52.7 Å². The van der Waals surface area contributed by atoms with Crippen LogP contribution in [-0.4, -0.2) is 24.6 Å². The van der Waals surface area contributed by atoms with Crippen LogP contribution in [0, 0.1) is 5.92 Å². The van der Waals surface area contributed by atoms with Gasteiger partial charge in [0.2, 0.25) is 0 Å². The van der Waals surface area contributed by atoms with Crippen molar-refractivity contribution < 1.29 is 9.53 Å². The van der Waals surface area contributed by atoms with Gasteiger partial charge in [0.1, 0.15) is 5.75 Å². The van der Waals surface area contributed by atoms with E-state index in [1.54, 1.807) is 6.92 Å². The highest BCUT2D eigenvalue weighted by molar-refractivity contribution is 5.81. The van der Waals surface area contributed by atoms with E-state index in [-0.39, 0.29) is 5.91 Å². The molecular formula is C17H26N2O2. The van der Waals surface area contributed by atoms with Crippen LogP contribution in [-0.2, 0) is 11.2 Å². The summed E-state index contributed by atoms with van der Waals surface area (Å²) < 4.78 is 5.88. The number of ether oxygens (including phenoxy) is 1. The van der Waals surface area contributed by atoms with Gasteiger partial charge >= 0.3 is 0 Å². The largest absolute Gasteiger partial charge is 0.479 e. The van der Waals surface area contributed by atoms with E-state index in [9.17, 15) is 4.79 Å². The Balaban J connectivity index is 2.04. The highest BCUT2D eigenvalue weighted by Gasteiger charge is 2.21. The Kier molecular flexibility index (Phi) is 5.10. The van der Waals surface area contributed by atoms with E-state index >= 15 is 0 Å². The van der Waals surface area contributed by atoms with Crippen LogP contribution in [0.25, 0.3) is 0 Å². The molecule has 0 radical (unpaired) electrons. The highest BCUT2D eigenvalue weighted by Crippen LogP contribution is 2.34. The number of nitrogens with one attached hydrogen (secondary N) is 2. The molecule has 2 rings (SSSR count). The van der Waals surface area contributed by atoms with Crippen molar-refractivity contribution in [3.8, 4) is 5.75 Å². The van der Waals surface area contributed by atoms with Crippen LogP contribution in [0.4, 0.5) is 5.69 Å². The summed E-state index contributed by atoms with van der Waals surface area (Å²) in [4.78, 5) is 12.0. The molecule has 1 aliphatic heterocycles. The molecule has 116 valence electrons. The number of aryl methyl sites for hydroxylation is 1. The molecule has 1 aromatic carbocycles. The molecule has 4 heteroatoms. The van der Waals surface area contributed by atoms with Gasteiger partial charge in [-0.1, -0.05) is 26.0 Å². The van der Waals surface area contributed by atoms with Crippen molar-refractivity contribution in [2.75, 3.05) is 11.9 Å². The highest BCUT2D eigenvalue weighted by atomic mass is 16.5. The second-order valence-corrected chi connectivity index (χ2v) is 6.27. The fourth-order valence-corrected chi connectivity index (χ4v) is 2.43. The van der Waals surface area contributed by atoms with Gasteiger partial charge in [-0.15, -0.1) is 0 Å². The number of rotatable bonds is 5. The van der Waals surface area contributed by atoms with Crippen LogP contribution in [0.3, 0.4) is 0 Å². The Bertz CT molecular complexity index is 500. The smallest absolute Gasteiger partial charge is 0.260 e. The third kappa shape index (κ3) is 4.13. The van der Waals surface area contributed by atoms with E-state index in [1.807, 2.05) is 12.1 Å². The molecular weight excluding hydrogens is 264 g/mol. The predicted molar refractivity (Wildman–Crippen MR) is 85.8 cm³/mol. The summed E-state index contributed by atoms with van der Waals surface area (Å²) in [6.07, 6.45) is 1.68. The van der Waals surface area contributed by atoms with Gasteiger partial charge in [0.25, 0.3) is 5.91 Å². The normalized spacial score (nSPS) is 18.6. The first-order chi connectivity index (χ1) is 9.97. The molecule has 1 heterocycles. The molecule has 1 aromatic rings. The SMILES string of the molecule is CC(C)CNC(=O)C(C)Oc1cccc2c1NC(C)CC2. The summed E-state index contributed by atoms with van der Waals surface area (Å²) >= 11 is 0.